The van der Waals surface area contributed by atoms with Crippen LogP contribution in [0.25, 0.3) is 0 Å². The Bertz CT molecular complexity index is 762. The zero-order chi connectivity index (χ0) is 17.7. The van der Waals surface area contributed by atoms with Crippen LogP contribution in [-0.4, -0.2) is 27.0 Å². The molecule has 24 heavy (non-hydrogen) atoms. The van der Waals surface area contributed by atoms with E-state index in [9.17, 15) is 19.7 Å². The lowest BCUT2D eigenvalue weighted by atomic mass is 10.3. The van der Waals surface area contributed by atoms with Gasteiger partial charge in [0.15, 0.2) is 0 Å². The summed E-state index contributed by atoms with van der Waals surface area (Å²) >= 11 is 4.43. The Morgan fingerprint density at radius 3 is 2.50 bits per heavy atom. The Hall–Kier alpha value is -2.33. The number of carbonyl (C=O) groups is 2. The molecule has 0 spiro atoms. The van der Waals surface area contributed by atoms with Crippen molar-refractivity contribution in [2.24, 2.45) is 0 Å². The number of nitro benzene ring substituents is 1. The second-order valence-electron chi connectivity index (χ2n) is 4.69. The summed E-state index contributed by atoms with van der Waals surface area (Å²) in [7, 11) is 0. The minimum absolute atomic E-state index is 0.0131. The van der Waals surface area contributed by atoms with Crippen LogP contribution in [0, 0.1) is 10.1 Å². The molecule has 0 aliphatic heterocycles. The highest BCUT2D eigenvalue weighted by Gasteiger charge is 2.16. The van der Waals surface area contributed by atoms with E-state index in [4.69, 9.17) is 0 Å². The van der Waals surface area contributed by atoms with Crippen LogP contribution in [0.4, 0.5) is 5.69 Å². The summed E-state index contributed by atoms with van der Waals surface area (Å²) in [4.78, 5) is 37.4. The lowest BCUT2D eigenvalue weighted by molar-refractivity contribution is -0.384. The maximum Gasteiger partial charge on any atom is 0.286 e. The normalized spacial score (nSPS) is 11.6. The van der Waals surface area contributed by atoms with E-state index in [0.29, 0.717) is 10.6 Å². The zero-order valence-electron chi connectivity index (χ0n) is 12.4. The lowest BCUT2D eigenvalue weighted by Gasteiger charge is -2.12. The smallest absolute Gasteiger partial charge is 0.286 e. The minimum Gasteiger partial charge on any atom is -0.356 e. The molecule has 0 radical (unpaired) electrons. The summed E-state index contributed by atoms with van der Waals surface area (Å²) in [6, 6.07) is 7.47. The minimum atomic E-state index is -0.498. The SMILES string of the molecule is CC(Sc1ccc([N+](=O)[O-])cc1)C(=O)NNC(=O)c1cc(Br)c[nH]1. The first-order valence-electron chi connectivity index (χ1n) is 6.72. The first-order chi connectivity index (χ1) is 11.4. The molecule has 0 saturated heterocycles. The molecule has 0 bridgehead atoms. The van der Waals surface area contributed by atoms with E-state index in [1.54, 1.807) is 31.3 Å². The van der Waals surface area contributed by atoms with Crippen molar-refractivity contribution in [1.29, 1.82) is 0 Å². The first kappa shape index (κ1) is 18.0. The van der Waals surface area contributed by atoms with Crippen molar-refractivity contribution in [2.75, 3.05) is 0 Å². The van der Waals surface area contributed by atoms with Crippen LogP contribution >= 0.6 is 27.7 Å². The lowest BCUT2D eigenvalue weighted by Crippen LogP contribution is -2.45. The van der Waals surface area contributed by atoms with E-state index in [1.807, 2.05) is 0 Å². The van der Waals surface area contributed by atoms with Gasteiger partial charge < -0.3 is 4.98 Å². The number of aromatic nitrogens is 1. The number of benzene rings is 1. The number of nitrogens with one attached hydrogen (secondary N) is 3. The predicted octanol–water partition coefficient (Wildman–Crippen LogP) is 2.63. The summed E-state index contributed by atoms with van der Waals surface area (Å²) in [5.74, 6) is -0.862. The standard InChI is InChI=1S/C14H13BrN4O4S/c1-8(24-11-4-2-10(3-5-11)19(22)23)13(20)17-18-14(21)12-6-9(15)7-16-12/h2-8,16H,1H3,(H,17,20)(H,18,21). The van der Waals surface area contributed by atoms with E-state index in [1.165, 1.54) is 23.9 Å². The topological polar surface area (TPSA) is 117 Å². The van der Waals surface area contributed by atoms with Crippen LogP contribution in [0.1, 0.15) is 17.4 Å². The molecule has 0 fully saturated rings. The molecule has 3 N–H and O–H groups in total. The van der Waals surface area contributed by atoms with Crippen molar-refractivity contribution in [3.8, 4) is 0 Å². The number of amides is 2. The van der Waals surface area contributed by atoms with Crippen molar-refractivity contribution >= 4 is 45.2 Å². The van der Waals surface area contributed by atoms with Crippen LogP contribution < -0.4 is 10.9 Å². The second-order valence-corrected chi connectivity index (χ2v) is 7.02. The Kier molecular flexibility index (Phi) is 5.99. The molecule has 0 aliphatic carbocycles. The van der Waals surface area contributed by atoms with Gasteiger partial charge >= 0.3 is 0 Å². The van der Waals surface area contributed by atoms with Crippen LogP contribution in [0.2, 0.25) is 0 Å². The summed E-state index contributed by atoms with van der Waals surface area (Å²) in [6.45, 7) is 1.67. The third-order valence-electron chi connectivity index (χ3n) is 2.92. The van der Waals surface area contributed by atoms with Crippen molar-refractivity contribution in [3.63, 3.8) is 0 Å². The molecule has 1 unspecified atom stereocenters. The number of thioether (sulfide) groups is 1. The van der Waals surface area contributed by atoms with Gasteiger partial charge in [0.2, 0.25) is 0 Å². The van der Waals surface area contributed by atoms with E-state index < -0.39 is 22.0 Å². The van der Waals surface area contributed by atoms with Gasteiger partial charge in [-0.2, -0.15) is 0 Å². The third kappa shape index (κ3) is 4.83. The van der Waals surface area contributed by atoms with Crippen molar-refractivity contribution < 1.29 is 14.5 Å². The average molecular weight is 413 g/mol. The molecule has 0 saturated carbocycles. The Morgan fingerprint density at radius 2 is 1.96 bits per heavy atom. The quantitative estimate of drug-likeness (QED) is 0.396. The molecule has 10 heteroatoms. The van der Waals surface area contributed by atoms with Gasteiger partial charge in [0.25, 0.3) is 17.5 Å². The molecular formula is C14H13BrN4O4S. The highest BCUT2D eigenvalue weighted by Crippen LogP contribution is 2.25. The fraction of sp³-hybridized carbons (Fsp3) is 0.143. The van der Waals surface area contributed by atoms with Gasteiger partial charge in [0.05, 0.1) is 10.2 Å². The number of non-ortho nitro benzene ring substituents is 1. The molecule has 1 heterocycles. The van der Waals surface area contributed by atoms with Crippen molar-refractivity contribution in [3.05, 3.63) is 56.8 Å². The van der Waals surface area contributed by atoms with Gasteiger partial charge in [0, 0.05) is 27.7 Å². The van der Waals surface area contributed by atoms with E-state index >= 15 is 0 Å². The van der Waals surface area contributed by atoms with Gasteiger partial charge in [0.1, 0.15) is 5.69 Å². The highest BCUT2D eigenvalue weighted by atomic mass is 79.9. The molecular weight excluding hydrogens is 400 g/mol. The van der Waals surface area contributed by atoms with Crippen LogP contribution in [0.3, 0.4) is 0 Å². The molecule has 2 aromatic rings. The number of nitro groups is 1. The molecule has 1 aromatic carbocycles. The number of hydrazine groups is 1. The number of carbonyl (C=O) groups excluding carboxylic acids is 2. The number of hydrogen-bond donors (Lipinski definition) is 3. The highest BCUT2D eigenvalue weighted by molar-refractivity contribution is 9.10. The van der Waals surface area contributed by atoms with Crippen LogP contribution in [0.5, 0.6) is 0 Å². The van der Waals surface area contributed by atoms with Crippen LogP contribution in [-0.2, 0) is 4.79 Å². The maximum atomic E-state index is 12.0. The van der Waals surface area contributed by atoms with Gasteiger partial charge in [-0.05, 0) is 41.1 Å². The summed E-state index contributed by atoms with van der Waals surface area (Å²) in [5.41, 5.74) is 4.94. The summed E-state index contributed by atoms with van der Waals surface area (Å²) in [5, 5.41) is 10.1. The Labute approximate surface area is 149 Å². The van der Waals surface area contributed by atoms with E-state index in [2.05, 4.69) is 31.8 Å². The number of halogens is 1. The first-order valence-corrected chi connectivity index (χ1v) is 8.39. The van der Waals surface area contributed by atoms with E-state index in [-0.39, 0.29) is 5.69 Å². The van der Waals surface area contributed by atoms with Crippen molar-refractivity contribution in [1.82, 2.24) is 15.8 Å². The van der Waals surface area contributed by atoms with Gasteiger partial charge in [-0.3, -0.25) is 30.6 Å². The van der Waals surface area contributed by atoms with Gasteiger partial charge in [-0.1, -0.05) is 0 Å². The monoisotopic (exact) mass is 412 g/mol. The molecule has 2 rings (SSSR count). The third-order valence-corrected chi connectivity index (χ3v) is 4.49. The molecule has 0 aliphatic rings. The second kappa shape index (κ2) is 7.97. The largest absolute Gasteiger partial charge is 0.356 e. The number of aromatic amines is 1. The van der Waals surface area contributed by atoms with Crippen LogP contribution in [0.15, 0.2) is 45.9 Å². The molecule has 1 aromatic heterocycles. The number of nitrogens with zero attached hydrogens (tertiary/aromatic N) is 1. The molecule has 8 nitrogen and oxygen atoms in total. The number of hydrogen-bond acceptors (Lipinski definition) is 5. The van der Waals surface area contributed by atoms with Gasteiger partial charge in [-0.25, -0.2) is 0 Å². The van der Waals surface area contributed by atoms with Gasteiger partial charge in [-0.15, -0.1) is 11.8 Å². The fourth-order valence-corrected chi connectivity index (χ4v) is 2.90. The summed E-state index contributed by atoms with van der Waals surface area (Å²) in [6.07, 6.45) is 1.60. The predicted molar refractivity (Wildman–Crippen MR) is 92.5 cm³/mol. The number of H-pyrrole nitrogens is 1. The maximum absolute atomic E-state index is 12.0. The van der Waals surface area contributed by atoms with E-state index in [0.717, 1.165) is 4.47 Å². The zero-order valence-corrected chi connectivity index (χ0v) is 14.8. The fourth-order valence-electron chi connectivity index (χ4n) is 1.69. The van der Waals surface area contributed by atoms with Crippen molar-refractivity contribution in [2.45, 2.75) is 17.1 Å². The molecule has 1 atom stereocenters. The number of rotatable bonds is 5. The average Bonchev–Trinajstić information content (AvgIpc) is 2.99. The Morgan fingerprint density at radius 1 is 1.29 bits per heavy atom. The molecule has 2 amide bonds. The Balaban J connectivity index is 1.85. The molecule has 126 valence electrons. The summed E-state index contributed by atoms with van der Waals surface area (Å²) < 4.78 is 0.723.